The van der Waals surface area contributed by atoms with E-state index in [-0.39, 0.29) is 11.0 Å². The van der Waals surface area contributed by atoms with Gasteiger partial charge >= 0.3 is 0 Å². The first-order valence-corrected chi connectivity index (χ1v) is 6.79. The van der Waals surface area contributed by atoms with Gasteiger partial charge in [-0.3, -0.25) is 15.1 Å². The maximum atomic E-state index is 12.2. The van der Waals surface area contributed by atoms with Gasteiger partial charge in [0.1, 0.15) is 11.5 Å². The van der Waals surface area contributed by atoms with Crippen LogP contribution in [0.25, 0.3) is 0 Å². The topological polar surface area (TPSA) is 72.5 Å². The van der Waals surface area contributed by atoms with Crippen molar-refractivity contribution in [2.75, 3.05) is 19.5 Å². The summed E-state index contributed by atoms with van der Waals surface area (Å²) in [5.41, 5.74) is 1.05. The molecule has 22 heavy (non-hydrogen) atoms. The molecule has 2 aromatic rings. The number of rotatable bonds is 4. The van der Waals surface area contributed by atoms with Crippen molar-refractivity contribution in [2.45, 2.75) is 0 Å². The van der Waals surface area contributed by atoms with Crippen molar-refractivity contribution < 1.29 is 14.3 Å². The molecule has 6 nitrogen and oxygen atoms in total. The number of carbonyl (C=O) groups is 1. The molecule has 2 rings (SSSR count). The minimum atomic E-state index is -0.374. The number of thiocarbonyl (C=S) groups is 1. The van der Waals surface area contributed by atoms with Crippen molar-refractivity contribution in [1.82, 2.24) is 10.3 Å². The van der Waals surface area contributed by atoms with Crippen LogP contribution in [-0.4, -0.2) is 30.2 Å². The molecule has 0 spiro atoms. The highest BCUT2D eigenvalue weighted by Crippen LogP contribution is 2.24. The Hall–Kier alpha value is -2.67. The Bertz CT molecular complexity index is 677. The summed E-state index contributed by atoms with van der Waals surface area (Å²) >= 11 is 5.10. The summed E-state index contributed by atoms with van der Waals surface area (Å²) in [5.74, 6) is 0.631. The van der Waals surface area contributed by atoms with Crippen LogP contribution in [0.5, 0.6) is 11.5 Å². The first-order chi connectivity index (χ1) is 10.6. The molecule has 0 atom stereocenters. The minimum Gasteiger partial charge on any atom is -0.497 e. The van der Waals surface area contributed by atoms with Gasteiger partial charge in [0.15, 0.2) is 5.11 Å². The number of carbonyl (C=O) groups excluding carboxylic acids is 1. The molecular formula is C15H15N3O3S. The lowest BCUT2D eigenvalue weighted by Gasteiger charge is -2.12. The molecule has 0 saturated carbocycles. The van der Waals surface area contributed by atoms with Crippen LogP contribution in [0.4, 0.5) is 5.69 Å². The third-order valence-corrected chi connectivity index (χ3v) is 3.00. The van der Waals surface area contributed by atoms with Gasteiger partial charge in [-0.05, 0) is 36.5 Å². The molecule has 7 heteroatoms. The largest absolute Gasteiger partial charge is 0.497 e. The number of nitrogens with one attached hydrogen (secondary N) is 2. The second-order valence-corrected chi connectivity index (χ2v) is 4.62. The summed E-state index contributed by atoms with van der Waals surface area (Å²) in [4.78, 5) is 16.2. The smallest absolute Gasteiger partial charge is 0.261 e. The zero-order valence-electron chi connectivity index (χ0n) is 12.1. The van der Waals surface area contributed by atoms with Gasteiger partial charge in [-0.15, -0.1) is 0 Å². The van der Waals surface area contributed by atoms with Crippen LogP contribution in [0.1, 0.15) is 10.4 Å². The van der Waals surface area contributed by atoms with Crippen LogP contribution >= 0.6 is 12.2 Å². The highest BCUT2D eigenvalue weighted by molar-refractivity contribution is 7.80. The average molecular weight is 317 g/mol. The summed E-state index contributed by atoms with van der Waals surface area (Å²) in [6.45, 7) is 0. The number of nitrogens with zero attached hydrogens (tertiary/aromatic N) is 1. The lowest BCUT2D eigenvalue weighted by Crippen LogP contribution is -2.34. The Morgan fingerprint density at radius 1 is 1.23 bits per heavy atom. The third-order valence-electron chi connectivity index (χ3n) is 2.80. The second-order valence-electron chi connectivity index (χ2n) is 4.22. The van der Waals surface area contributed by atoms with Gasteiger partial charge in [0.05, 0.1) is 31.7 Å². The third kappa shape index (κ3) is 3.92. The number of hydrogen-bond donors (Lipinski definition) is 2. The SMILES string of the molecule is COc1ccc(C(=O)NC(=S)Nc2cccnc2)c(OC)c1. The van der Waals surface area contributed by atoms with E-state index in [0.717, 1.165) is 0 Å². The molecule has 0 aliphatic rings. The number of hydrogen-bond acceptors (Lipinski definition) is 5. The first-order valence-electron chi connectivity index (χ1n) is 6.38. The van der Waals surface area contributed by atoms with Crippen molar-refractivity contribution in [3.63, 3.8) is 0 Å². The van der Waals surface area contributed by atoms with Crippen molar-refractivity contribution >= 4 is 28.9 Å². The van der Waals surface area contributed by atoms with E-state index < -0.39 is 0 Å². The molecule has 0 radical (unpaired) electrons. The minimum absolute atomic E-state index is 0.177. The van der Waals surface area contributed by atoms with Crippen LogP contribution in [-0.2, 0) is 0 Å². The number of methoxy groups -OCH3 is 2. The van der Waals surface area contributed by atoms with Crippen LogP contribution in [0.3, 0.4) is 0 Å². The van der Waals surface area contributed by atoms with Crippen molar-refractivity contribution in [3.05, 3.63) is 48.3 Å². The van der Waals surface area contributed by atoms with E-state index in [9.17, 15) is 4.79 Å². The second kappa shape index (κ2) is 7.37. The molecule has 0 fully saturated rings. The highest BCUT2D eigenvalue weighted by Gasteiger charge is 2.14. The van der Waals surface area contributed by atoms with Gasteiger partial charge in [-0.2, -0.15) is 0 Å². The van der Waals surface area contributed by atoms with Crippen LogP contribution in [0.15, 0.2) is 42.7 Å². The molecule has 0 bridgehead atoms. The molecule has 1 amide bonds. The lowest BCUT2D eigenvalue weighted by atomic mass is 10.2. The van der Waals surface area contributed by atoms with E-state index in [2.05, 4.69) is 15.6 Å². The molecular weight excluding hydrogens is 302 g/mol. The monoisotopic (exact) mass is 317 g/mol. The van der Waals surface area contributed by atoms with Gasteiger partial charge in [0, 0.05) is 12.3 Å². The van der Waals surface area contributed by atoms with E-state index in [0.29, 0.717) is 22.7 Å². The van der Waals surface area contributed by atoms with Gasteiger partial charge < -0.3 is 14.8 Å². The molecule has 1 aromatic carbocycles. The summed E-state index contributed by atoms with van der Waals surface area (Å²) < 4.78 is 10.3. The maximum absolute atomic E-state index is 12.2. The number of aromatic nitrogens is 1. The van der Waals surface area contributed by atoms with Gasteiger partial charge in [-0.25, -0.2) is 0 Å². The molecule has 1 aromatic heterocycles. The standard InChI is InChI=1S/C15H15N3O3S/c1-20-11-5-6-12(13(8-11)21-2)14(19)18-15(22)17-10-4-3-7-16-9-10/h3-9H,1-2H3,(H2,17,18,19,22). The average Bonchev–Trinajstić information content (AvgIpc) is 2.54. The van der Waals surface area contributed by atoms with E-state index in [1.165, 1.54) is 7.11 Å². The van der Waals surface area contributed by atoms with E-state index in [4.69, 9.17) is 21.7 Å². The Kier molecular flexibility index (Phi) is 5.26. The molecule has 0 aliphatic heterocycles. The Balaban J connectivity index is 2.07. The number of anilines is 1. The fraction of sp³-hybridized carbons (Fsp3) is 0.133. The van der Waals surface area contributed by atoms with Crippen molar-refractivity contribution in [2.24, 2.45) is 0 Å². The Morgan fingerprint density at radius 3 is 2.68 bits per heavy atom. The lowest BCUT2D eigenvalue weighted by molar-refractivity contribution is 0.0974. The Morgan fingerprint density at radius 2 is 2.05 bits per heavy atom. The molecule has 114 valence electrons. The number of pyridine rings is 1. The van der Waals surface area contributed by atoms with Gasteiger partial charge in [0.25, 0.3) is 5.91 Å². The van der Waals surface area contributed by atoms with Crippen molar-refractivity contribution in [3.8, 4) is 11.5 Å². The maximum Gasteiger partial charge on any atom is 0.261 e. The van der Waals surface area contributed by atoms with Crippen molar-refractivity contribution in [1.29, 1.82) is 0 Å². The van der Waals surface area contributed by atoms with E-state index in [1.807, 2.05) is 0 Å². The van der Waals surface area contributed by atoms with Crippen LogP contribution < -0.4 is 20.1 Å². The number of benzene rings is 1. The summed E-state index contributed by atoms with van der Waals surface area (Å²) in [6, 6.07) is 8.47. The fourth-order valence-electron chi connectivity index (χ4n) is 1.76. The number of ether oxygens (including phenoxy) is 2. The first kappa shape index (κ1) is 15.7. The summed E-state index contributed by atoms with van der Waals surface area (Å²) in [7, 11) is 3.03. The molecule has 0 saturated heterocycles. The summed E-state index contributed by atoms with van der Waals surface area (Å²) in [5, 5.41) is 5.64. The highest BCUT2D eigenvalue weighted by atomic mass is 32.1. The zero-order valence-corrected chi connectivity index (χ0v) is 12.9. The van der Waals surface area contributed by atoms with E-state index in [1.54, 1.807) is 49.8 Å². The fourth-order valence-corrected chi connectivity index (χ4v) is 1.97. The molecule has 1 heterocycles. The number of amides is 1. The Labute approximate surface area is 133 Å². The van der Waals surface area contributed by atoms with Gasteiger partial charge in [0.2, 0.25) is 0 Å². The van der Waals surface area contributed by atoms with Crippen LogP contribution in [0.2, 0.25) is 0 Å². The zero-order chi connectivity index (χ0) is 15.9. The molecule has 0 aliphatic carbocycles. The quantitative estimate of drug-likeness (QED) is 0.843. The molecule has 2 N–H and O–H groups in total. The van der Waals surface area contributed by atoms with Gasteiger partial charge in [-0.1, -0.05) is 0 Å². The predicted octanol–water partition coefficient (Wildman–Crippen LogP) is 2.23. The predicted molar refractivity (Wildman–Crippen MR) is 87.5 cm³/mol. The van der Waals surface area contributed by atoms with Crippen LogP contribution in [0, 0.1) is 0 Å². The van der Waals surface area contributed by atoms with E-state index >= 15 is 0 Å². The molecule has 0 unspecified atom stereocenters. The normalized spacial score (nSPS) is 9.73. The summed E-state index contributed by atoms with van der Waals surface area (Å²) in [6.07, 6.45) is 3.25.